The van der Waals surface area contributed by atoms with Crippen molar-refractivity contribution in [3.8, 4) is 6.07 Å². The lowest BCUT2D eigenvalue weighted by atomic mass is 10.2. The number of amides is 1. The molecule has 0 bridgehead atoms. The van der Waals surface area contributed by atoms with Gasteiger partial charge in [-0.15, -0.1) is 0 Å². The Morgan fingerprint density at radius 1 is 1.53 bits per heavy atom. The zero-order chi connectivity index (χ0) is 13.5. The van der Waals surface area contributed by atoms with Crippen LogP contribution >= 0.6 is 0 Å². The molecule has 0 saturated heterocycles. The van der Waals surface area contributed by atoms with Crippen LogP contribution in [0.1, 0.15) is 0 Å². The number of rotatable bonds is 5. The molecule has 0 atom stereocenters. The van der Waals surface area contributed by atoms with Crippen LogP contribution in [-0.2, 0) is 14.9 Å². The standard InChI is InChI=1S/C9H13N3O4S/c1-12(2)5-3-4-8(6-10)9(13)11-7-17(14,15)16/h3-5H,7H2,1-2H3,(H,11,13)(H,14,15,16)/b5-3+,8-4+. The summed E-state index contributed by atoms with van der Waals surface area (Å²) in [5.74, 6) is -1.80. The van der Waals surface area contributed by atoms with Crippen LogP contribution in [0.25, 0.3) is 0 Å². The summed E-state index contributed by atoms with van der Waals surface area (Å²) < 4.78 is 29.1. The van der Waals surface area contributed by atoms with Crippen LogP contribution in [0.4, 0.5) is 0 Å². The summed E-state index contributed by atoms with van der Waals surface area (Å²) in [5.41, 5.74) is -0.258. The first-order valence-corrected chi connectivity index (χ1v) is 6.05. The summed E-state index contributed by atoms with van der Waals surface area (Å²) in [7, 11) is -0.772. The molecule has 0 unspecified atom stereocenters. The van der Waals surface area contributed by atoms with Crippen LogP contribution in [0.2, 0.25) is 0 Å². The second-order valence-corrected chi connectivity index (χ2v) is 4.68. The van der Waals surface area contributed by atoms with Crippen molar-refractivity contribution < 1.29 is 17.8 Å². The average Bonchev–Trinajstić information content (AvgIpc) is 2.19. The van der Waals surface area contributed by atoms with Gasteiger partial charge in [-0.25, -0.2) is 0 Å². The molecule has 8 heteroatoms. The molecule has 0 aliphatic rings. The molecule has 0 rings (SSSR count). The number of carbonyl (C=O) groups is 1. The third kappa shape index (κ3) is 8.01. The molecular weight excluding hydrogens is 246 g/mol. The van der Waals surface area contributed by atoms with Crippen LogP contribution < -0.4 is 5.32 Å². The first kappa shape index (κ1) is 15.2. The van der Waals surface area contributed by atoms with E-state index in [1.54, 1.807) is 31.3 Å². The number of nitrogens with one attached hydrogen (secondary N) is 1. The van der Waals surface area contributed by atoms with E-state index in [0.717, 1.165) is 0 Å². The van der Waals surface area contributed by atoms with Crippen molar-refractivity contribution >= 4 is 16.0 Å². The van der Waals surface area contributed by atoms with E-state index in [2.05, 4.69) is 0 Å². The fourth-order valence-electron chi connectivity index (χ4n) is 0.727. The molecule has 0 fully saturated rings. The van der Waals surface area contributed by atoms with Gasteiger partial charge in [0.25, 0.3) is 16.0 Å². The van der Waals surface area contributed by atoms with Crippen LogP contribution in [0.3, 0.4) is 0 Å². The van der Waals surface area contributed by atoms with Crippen molar-refractivity contribution in [1.29, 1.82) is 5.26 Å². The number of hydrogen-bond acceptors (Lipinski definition) is 5. The van der Waals surface area contributed by atoms with Gasteiger partial charge in [0.05, 0.1) is 0 Å². The topological polar surface area (TPSA) is 111 Å². The normalized spacial score (nSPS) is 12.2. The summed E-state index contributed by atoms with van der Waals surface area (Å²) in [6, 6.07) is 1.61. The highest BCUT2D eigenvalue weighted by Crippen LogP contribution is 1.94. The van der Waals surface area contributed by atoms with Gasteiger partial charge in [0.1, 0.15) is 17.5 Å². The molecule has 0 aromatic heterocycles. The quantitative estimate of drug-likeness (QED) is 0.297. The second-order valence-electron chi connectivity index (χ2n) is 3.23. The molecule has 94 valence electrons. The molecule has 1 amide bonds. The Kier molecular flexibility index (Phi) is 5.95. The SMILES string of the molecule is CN(C)/C=C/C=C(\C#N)C(=O)NCS(=O)(=O)O. The highest BCUT2D eigenvalue weighted by molar-refractivity contribution is 7.85. The van der Waals surface area contributed by atoms with Crippen molar-refractivity contribution in [3.63, 3.8) is 0 Å². The fourth-order valence-corrected chi connectivity index (χ4v) is 1.04. The predicted molar refractivity (Wildman–Crippen MR) is 61.1 cm³/mol. The lowest BCUT2D eigenvalue weighted by Gasteiger charge is -2.02. The van der Waals surface area contributed by atoms with Crippen molar-refractivity contribution in [2.75, 3.05) is 20.0 Å². The Labute approximate surface area is 99.8 Å². The minimum absolute atomic E-state index is 0.258. The summed E-state index contributed by atoms with van der Waals surface area (Å²) in [6.45, 7) is 0. The predicted octanol–water partition coefficient (Wildman–Crippen LogP) is -0.527. The van der Waals surface area contributed by atoms with Crippen LogP contribution in [-0.4, -0.2) is 43.7 Å². The highest BCUT2D eigenvalue weighted by Gasteiger charge is 2.11. The Balaban J connectivity index is 4.59. The van der Waals surface area contributed by atoms with Crippen LogP contribution in [0, 0.1) is 11.3 Å². The van der Waals surface area contributed by atoms with Crippen LogP contribution in [0.15, 0.2) is 23.9 Å². The number of nitrogens with zero attached hydrogens (tertiary/aromatic N) is 2. The lowest BCUT2D eigenvalue weighted by Crippen LogP contribution is -2.30. The minimum atomic E-state index is -4.29. The van der Waals surface area contributed by atoms with E-state index in [9.17, 15) is 13.2 Å². The van der Waals surface area contributed by atoms with E-state index in [4.69, 9.17) is 9.81 Å². The van der Waals surface area contributed by atoms with E-state index < -0.39 is 21.9 Å². The molecule has 0 aliphatic carbocycles. The van der Waals surface area contributed by atoms with Gasteiger partial charge in [-0.05, 0) is 18.4 Å². The second kappa shape index (κ2) is 6.67. The summed E-state index contributed by atoms with van der Waals surface area (Å²) in [6.07, 6.45) is 4.30. The van der Waals surface area contributed by atoms with Gasteiger partial charge in [0.2, 0.25) is 0 Å². The van der Waals surface area contributed by atoms with Gasteiger partial charge in [-0.1, -0.05) is 0 Å². The minimum Gasteiger partial charge on any atom is -0.383 e. The third-order valence-corrected chi connectivity index (χ3v) is 1.94. The molecule has 0 aromatic carbocycles. The summed E-state index contributed by atoms with van der Waals surface area (Å²) >= 11 is 0. The zero-order valence-corrected chi connectivity index (χ0v) is 10.2. The summed E-state index contributed by atoms with van der Waals surface area (Å²) in [5, 5.41) is 10.5. The largest absolute Gasteiger partial charge is 0.383 e. The first-order chi connectivity index (χ1) is 7.76. The Morgan fingerprint density at radius 2 is 2.12 bits per heavy atom. The Morgan fingerprint density at radius 3 is 2.53 bits per heavy atom. The molecule has 7 nitrogen and oxygen atoms in total. The molecular formula is C9H13N3O4S. The Hall–Kier alpha value is -1.85. The van der Waals surface area contributed by atoms with E-state index in [0.29, 0.717) is 0 Å². The number of allylic oxidation sites excluding steroid dienone is 2. The first-order valence-electron chi connectivity index (χ1n) is 4.44. The molecule has 0 heterocycles. The molecule has 0 saturated carbocycles. The summed E-state index contributed by atoms with van der Waals surface area (Å²) in [4.78, 5) is 13.0. The van der Waals surface area contributed by atoms with E-state index in [1.807, 2.05) is 5.32 Å². The van der Waals surface area contributed by atoms with E-state index in [1.165, 1.54) is 12.2 Å². The van der Waals surface area contributed by atoms with Gasteiger partial charge in [0.15, 0.2) is 0 Å². The van der Waals surface area contributed by atoms with Gasteiger partial charge in [-0.3, -0.25) is 9.35 Å². The maximum atomic E-state index is 11.3. The van der Waals surface area contributed by atoms with E-state index >= 15 is 0 Å². The van der Waals surface area contributed by atoms with Crippen LogP contribution in [0.5, 0.6) is 0 Å². The third-order valence-electron chi connectivity index (χ3n) is 1.43. The van der Waals surface area contributed by atoms with Crippen molar-refractivity contribution in [2.24, 2.45) is 0 Å². The molecule has 0 aliphatic heterocycles. The van der Waals surface area contributed by atoms with Crippen molar-refractivity contribution in [3.05, 3.63) is 23.9 Å². The number of nitriles is 1. The molecule has 17 heavy (non-hydrogen) atoms. The highest BCUT2D eigenvalue weighted by atomic mass is 32.2. The fraction of sp³-hybridized carbons (Fsp3) is 0.333. The lowest BCUT2D eigenvalue weighted by molar-refractivity contribution is -0.116. The van der Waals surface area contributed by atoms with Gasteiger partial charge < -0.3 is 10.2 Å². The molecule has 0 radical (unpaired) electrons. The number of carbonyl (C=O) groups excluding carboxylic acids is 1. The van der Waals surface area contributed by atoms with Gasteiger partial charge in [-0.2, -0.15) is 13.7 Å². The average molecular weight is 259 g/mol. The molecule has 2 N–H and O–H groups in total. The van der Waals surface area contributed by atoms with Crippen molar-refractivity contribution in [1.82, 2.24) is 10.2 Å². The van der Waals surface area contributed by atoms with Gasteiger partial charge >= 0.3 is 0 Å². The maximum Gasteiger partial charge on any atom is 0.283 e. The zero-order valence-electron chi connectivity index (χ0n) is 9.41. The molecule has 0 aromatic rings. The molecule has 0 spiro atoms. The van der Waals surface area contributed by atoms with Crippen molar-refractivity contribution in [2.45, 2.75) is 0 Å². The smallest absolute Gasteiger partial charge is 0.283 e. The maximum absolute atomic E-state index is 11.3. The van der Waals surface area contributed by atoms with Gasteiger partial charge in [0, 0.05) is 14.1 Å². The van der Waals surface area contributed by atoms with E-state index in [-0.39, 0.29) is 5.57 Å². The Bertz CT molecular complexity index is 471. The monoisotopic (exact) mass is 259 g/mol. The number of hydrogen-bond donors (Lipinski definition) is 2.